The Kier molecular flexibility index (Phi) is 39.8. The molecule has 0 bridgehead atoms. The second kappa shape index (κ2) is 36.3. The van der Waals surface area contributed by atoms with Crippen LogP contribution >= 0.6 is 0 Å². The summed E-state index contributed by atoms with van der Waals surface area (Å²) in [6, 6.07) is 0. The first-order valence-electron chi connectivity index (χ1n) is 15.7. The Bertz CT molecular complexity index is 409. The van der Waals surface area contributed by atoms with Crippen molar-refractivity contribution >= 4 is 5.97 Å². The zero-order valence-corrected chi connectivity index (χ0v) is 25.4. The zero-order chi connectivity index (χ0) is 29.2. The lowest BCUT2D eigenvalue weighted by Crippen LogP contribution is -2.37. The average Bonchev–Trinajstić information content (AvgIpc) is 2.92. The van der Waals surface area contributed by atoms with E-state index in [1.54, 1.807) is 0 Å². The van der Waals surface area contributed by atoms with Crippen LogP contribution in [0.25, 0.3) is 0 Å². The largest absolute Gasteiger partial charge is 0.481 e. The van der Waals surface area contributed by atoms with Crippen LogP contribution < -0.4 is 0 Å². The Balaban J connectivity index is -0.000000714. The van der Waals surface area contributed by atoms with Crippen molar-refractivity contribution in [3.8, 4) is 0 Å². The van der Waals surface area contributed by atoms with E-state index < -0.39 is 37.8 Å². The molecule has 0 aliphatic carbocycles. The first-order valence-corrected chi connectivity index (χ1v) is 15.7. The molecule has 0 saturated heterocycles. The number of hydrogen-bond acceptors (Lipinski definition) is 6. The summed E-state index contributed by atoms with van der Waals surface area (Å²) in [5.41, 5.74) is -1.11. The predicted octanol–water partition coefficient (Wildman–Crippen LogP) is 6.88. The lowest BCUT2D eigenvalue weighted by Gasteiger charge is -2.23. The van der Waals surface area contributed by atoms with E-state index in [1.165, 1.54) is 109 Å². The summed E-state index contributed by atoms with van der Waals surface area (Å²) in [5, 5.41) is 42.5. The fraction of sp³-hybridized carbons (Fsp3) is 0.968. The first kappa shape index (κ1) is 41.7. The van der Waals surface area contributed by atoms with Gasteiger partial charge in [0.15, 0.2) is 0 Å². The van der Waals surface area contributed by atoms with Crippen LogP contribution in [0, 0.1) is 5.41 Å². The first-order chi connectivity index (χ1) is 18.4. The molecule has 0 saturated carbocycles. The van der Waals surface area contributed by atoms with Crippen LogP contribution in [0.3, 0.4) is 0 Å². The van der Waals surface area contributed by atoms with Gasteiger partial charge in [0, 0.05) is 19.6 Å². The van der Waals surface area contributed by atoms with Crippen LogP contribution in [-0.2, 0) is 9.53 Å². The van der Waals surface area contributed by atoms with Crippen LogP contribution in [0.15, 0.2) is 0 Å². The van der Waals surface area contributed by atoms with Gasteiger partial charge in [-0.15, -0.1) is 0 Å². The normalized spacial score (nSPS) is 10.9. The Morgan fingerprint density at radius 1 is 0.500 bits per heavy atom. The van der Waals surface area contributed by atoms with Gasteiger partial charge in [0.2, 0.25) is 0 Å². The van der Waals surface area contributed by atoms with Crippen molar-refractivity contribution < 1.29 is 35.1 Å². The second-order valence-electron chi connectivity index (χ2n) is 10.4. The molecule has 0 aromatic carbocycles. The molecule has 0 aromatic rings. The highest BCUT2D eigenvalue weighted by molar-refractivity contribution is 5.66. The standard InChI is InChI=1S/C22H44O2.C5H12O4.C4H10O/c1-2-3-4-5-6-7-8-9-10-11-12-13-14-15-16-17-18-19-20-21-22(23)24;6-1-5(2-7,3-8)4-9;1-3-5-4-2/h2-21H2,1H3,(H,23,24);6-9H,1-4H2;3-4H2,1-2H3. The highest BCUT2D eigenvalue weighted by atomic mass is 16.5. The third kappa shape index (κ3) is 35.3. The lowest BCUT2D eigenvalue weighted by atomic mass is 9.93. The summed E-state index contributed by atoms with van der Waals surface area (Å²) in [6.45, 7) is 6.32. The SMILES string of the molecule is CCCCCCCCCCCCCCCCCCCCCC(=O)O.CCOCC.OCC(CO)(CO)CO. The third-order valence-corrected chi connectivity index (χ3v) is 6.74. The summed E-state index contributed by atoms with van der Waals surface area (Å²) in [7, 11) is 0. The zero-order valence-electron chi connectivity index (χ0n) is 25.4. The third-order valence-electron chi connectivity index (χ3n) is 6.74. The molecule has 0 fully saturated rings. The molecule has 0 rings (SSSR count). The average molecular weight is 551 g/mol. The molecule has 0 amide bonds. The maximum Gasteiger partial charge on any atom is 0.303 e. The molecular weight excluding hydrogens is 484 g/mol. The molecule has 0 atom stereocenters. The fourth-order valence-corrected chi connectivity index (χ4v) is 3.86. The van der Waals surface area contributed by atoms with Crippen molar-refractivity contribution in [1.82, 2.24) is 0 Å². The molecule has 7 nitrogen and oxygen atoms in total. The molecule has 0 heterocycles. The second-order valence-corrected chi connectivity index (χ2v) is 10.4. The minimum absolute atomic E-state index is 0.346. The number of hydrogen-bond donors (Lipinski definition) is 5. The number of aliphatic hydroxyl groups excluding tert-OH is 4. The summed E-state index contributed by atoms with van der Waals surface area (Å²) in [4.78, 5) is 10.4. The molecule has 7 heteroatoms. The maximum atomic E-state index is 10.4. The lowest BCUT2D eigenvalue weighted by molar-refractivity contribution is -0.137. The van der Waals surface area contributed by atoms with Crippen molar-refractivity contribution in [2.45, 2.75) is 149 Å². The molecular formula is C31H66O7. The van der Waals surface area contributed by atoms with E-state index >= 15 is 0 Å². The van der Waals surface area contributed by atoms with Crippen molar-refractivity contribution in [3.05, 3.63) is 0 Å². The van der Waals surface area contributed by atoms with Crippen LogP contribution in [0.4, 0.5) is 0 Å². The number of aliphatic hydroxyl groups is 4. The minimum Gasteiger partial charge on any atom is -0.481 e. The van der Waals surface area contributed by atoms with Gasteiger partial charge in [0.25, 0.3) is 0 Å². The molecule has 0 unspecified atom stereocenters. The van der Waals surface area contributed by atoms with Gasteiger partial charge in [-0.2, -0.15) is 0 Å². The van der Waals surface area contributed by atoms with Gasteiger partial charge in [-0.25, -0.2) is 0 Å². The van der Waals surface area contributed by atoms with Crippen LogP contribution in [0.5, 0.6) is 0 Å². The monoisotopic (exact) mass is 550 g/mol. The smallest absolute Gasteiger partial charge is 0.303 e. The summed E-state index contributed by atoms with van der Waals surface area (Å²) >= 11 is 0. The van der Waals surface area contributed by atoms with Crippen LogP contribution in [0.1, 0.15) is 149 Å². The molecule has 5 N–H and O–H groups in total. The van der Waals surface area contributed by atoms with E-state index in [0.29, 0.717) is 6.42 Å². The van der Waals surface area contributed by atoms with Gasteiger partial charge in [-0.3, -0.25) is 4.79 Å². The van der Waals surface area contributed by atoms with E-state index in [4.69, 9.17) is 30.3 Å². The topological polar surface area (TPSA) is 127 Å². The molecule has 0 aliphatic rings. The highest BCUT2D eigenvalue weighted by Gasteiger charge is 2.26. The van der Waals surface area contributed by atoms with E-state index in [0.717, 1.165) is 26.1 Å². The summed E-state index contributed by atoms with van der Waals surface area (Å²) < 4.78 is 4.83. The molecule has 38 heavy (non-hydrogen) atoms. The Hall–Kier alpha value is -0.730. The quantitative estimate of drug-likeness (QED) is 0.0743. The number of carboxylic acids is 1. The maximum absolute atomic E-state index is 10.4. The Morgan fingerprint density at radius 2 is 0.763 bits per heavy atom. The number of unbranched alkanes of at least 4 members (excludes halogenated alkanes) is 18. The number of carboxylic acid groups (broad SMARTS) is 1. The van der Waals surface area contributed by atoms with Gasteiger partial charge < -0.3 is 30.3 Å². The van der Waals surface area contributed by atoms with Gasteiger partial charge in [0.1, 0.15) is 0 Å². The van der Waals surface area contributed by atoms with Gasteiger partial charge in [-0.1, -0.05) is 122 Å². The molecule has 0 radical (unpaired) electrons. The van der Waals surface area contributed by atoms with Gasteiger partial charge >= 0.3 is 5.97 Å². The van der Waals surface area contributed by atoms with Gasteiger partial charge in [-0.05, 0) is 20.3 Å². The molecule has 0 spiro atoms. The molecule has 0 aliphatic heterocycles. The van der Waals surface area contributed by atoms with E-state index in [1.807, 2.05) is 13.8 Å². The Labute approximate surface area is 235 Å². The van der Waals surface area contributed by atoms with Crippen molar-refractivity contribution in [2.24, 2.45) is 5.41 Å². The van der Waals surface area contributed by atoms with Crippen molar-refractivity contribution in [3.63, 3.8) is 0 Å². The number of aliphatic carboxylic acids is 1. The fourth-order valence-electron chi connectivity index (χ4n) is 3.86. The minimum atomic E-state index is -1.11. The number of rotatable bonds is 26. The van der Waals surface area contributed by atoms with Crippen molar-refractivity contribution in [1.29, 1.82) is 0 Å². The molecule has 232 valence electrons. The number of ether oxygens (including phenoxy) is 1. The van der Waals surface area contributed by atoms with Crippen molar-refractivity contribution in [2.75, 3.05) is 39.6 Å². The predicted molar refractivity (Wildman–Crippen MR) is 159 cm³/mol. The van der Waals surface area contributed by atoms with E-state index in [2.05, 4.69) is 6.92 Å². The summed E-state index contributed by atoms with van der Waals surface area (Å²) in [5.74, 6) is -0.651. The highest BCUT2D eigenvalue weighted by Crippen LogP contribution is 2.15. The van der Waals surface area contributed by atoms with Gasteiger partial charge in [0.05, 0.1) is 31.8 Å². The van der Waals surface area contributed by atoms with E-state index in [-0.39, 0.29) is 0 Å². The van der Waals surface area contributed by atoms with Crippen LogP contribution in [0.2, 0.25) is 0 Å². The summed E-state index contributed by atoms with van der Waals surface area (Å²) in [6.07, 6.45) is 26.1. The van der Waals surface area contributed by atoms with E-state index in [9.17, 15) is 4.79 Å². The van der Waals surface area contributed by atoms with Crippen LogP contribution in [-0.4, -0.2) is 71.1 Å². The molecule has 0 aromatic heterocycles. The number of carbonyl (C=O) groups is 1. The Morgan fingerprint density at radius 3 is 0.921 bits per heavy atom.